The Morgan fingerprint density at radius 2 is 1.69 bits per heavy atom. The largest absolute Gasteiger partial charge is 0.342 e. The molecule has 3 aromatic rings. The summed E-state index contributed by atoms with van der Waals surface area (Å²) in [5.41, 5.74) is 2.56. The van der Waals surface area contributed by atoms with Gasteiger partial charge in [-0.2, -0.15) is 0 Å². The van der Waals surface area contributed by atoms with Gasteiger partial charge < -0.3 is 9.47 Å². The molecule has 0 atom stereocenters. The second kappa shape index (κ2) is 10.1. The van der Waals surface area contributed by atoms with Crippen LogP contribution in [0.2, 0.25) is 10.0 Å². The van der Waals surface area contributed by atoms with Crippen molar-refractivity contribution in [2.45, 2.75) is 25.8 Å². The number of aromatic nitrogens is 1. The highest BCUT2D eigenvalue weighted by Gasteiger charge is 2.37. The molecular formula is C26H23Cl2N3O3S. The van der Waals surface area contributed by atoms with Gasteiger partial charge in [0.15, 0.2) is 0 Å². The van der Waals surface area contributed by atoms with Crippen molar-refractivity contribution in [3.8, 4) is 0 Å². The minimum Gasteiger partial charge on any atom is -0.342 e. The van der Waals surface area contributed by atoms with E-state index in [1.807, 2.05) is 35.0 Å². The zero-order valence-corrected chi connectivity index (χ0v) is 21.2. The first-order valence-corrected chi connectivity index (χ1v) is 13.0. The topological polar surface area (TPSA) is 62.6 Å². The molecule has 0 saturated carbocycles. The molecule has 2 aromatic carbocycles. The molecule has 3 heterocycles. The minimum atomic E-state index is -0.434. The Kier molecular flexibility index (Phi) is 6.91. The lowest BCUT2D eigenvalue weighted by atomic mass is 10.1. The number of carbonyl (C=O) groups excluding carboxylic acids is 3. The van der Waals surface area contributed by atoms with E-state index in [2.05, 4.69) is 0 Å². The molecule has 5 rings (SSSR count). The Morgan fingerprint density at radius 1 is 0.971 bits per heavy atom. The van der Waals surface area contributed by atoms with Gasteiger partial charge in [-0.1, -0.05) is 47.5 Å². The van der Waals surface area contributed by atoms with Crippen LogP contribution in [0.5, 0.6) is 0 Å². The van der Waals surface area contributed by atoms with Crippen LogP contribution in [0.1, 0.15) is 30.4 Å². The highest BCUT2D eigenvalue weighted by atomic mass is 35.5. The van der Waals surface area contributed by atoms with E-state index in [-0.39, 0.29) is 12.5 Å². The number of fused-ring (bicyclic) bond motifs is 1. The Balaban J connectivity index is 1.42. The molecule has 2 fully saturated rings. The van der Waals surface area contributed by atoms with Crippen LogP contribution in [-0.4, -0.2) is 51.1 Å². The first-order chi connectivity index (χ1) is 16.9. The summed E-state index contributed by atoms with van der Waals surface area (Å²) in [5, 5.41) is 1.68. The highest BCUT2D eigenvalue weighted by Crippen LogP contribution is 2.35. The van der Waals surface area contributed by atoms with Crippen LogP contribution in [0.4, 0.5) is 4.79 Å². The first kappa shape index (κ1) is 24.0. The Hall–Kier alpha value is -2.74. The Bertz CT molecular complexity index is 1340. The number of benzene rings is 2. The average Bonchev–Trinajstić information content (AvgIpc) is 3.34. The van der Waals surface area contributed by atoms with E-state index in [4.69, 9.17) is 23.2 Å². The molecule has 0 spiro atoms. The van der Waals surface area contributed by atoms with Crippen LogP contribution in [0.25, 0.3) is 17.0 Å². The van der Waals surface area contributed by atoms with E-state index < -0.39 is 11.1 Å². The molecule has 180 valence electrons. The van der Waals surface area contributed by atoms with Crippen LogP contribution in [0, 0.1) is 0 Å². The van der Waals surface area contributed by atoms with Gasteiger partial charge in [-0.15, -0.1) is 0 Å². The monoisotopic (exact) mass is 527 g/mol. The van der Waals surface area contributed by atoms with Gasteiger partial charge in [-0.3, -0.25) is 19.3 Å². The SMILES string of the molecule is O=C(CN1C(=O)S/C(=C\c2cn(Cc3c(Cl)cccc3Cl)c3ccccc23)C1=O)N1CCCCC1. The summed E-state index contributed by atoms with van der Waals surface area (Å²) in [6, 6.07) is 13.2. The van der Waals surface area contributed by atoms with Gasteiger partial charge >= 0.3 is 0 Å². The summed E-state index contributed by atoms with van der Waals surface area (Å²) in [6.07, 6.45) is 6.67. The smallest absolute Gasteiger partial charge is 0.294 e. The van der Waals surface area contributed by atoms with Crippen molar-refractivity contribution in [2.24, 2.45) is 0 Å². The fourth-order valence-corrected chi connectivity index (χ4v) is 5.88. The number of nitrogens with zero attached hydrogens (tertiary/aromatic N) is 3. The van der Waals surface area contributed by atoms with Crippen LogP contribution in [0.3, 0.4) is 0 Å². The normalized spacial score (nSPS) is 17.7. The third-order valence-electron chi connectivity index (χ3n) is 6.37. The summed E-state index contributed by atoms with van der Waals surface area (Å²) >= 11 is 13.7. The van der Waals surface area contributed by atoms with E-state index in [0.717, 1.165) is 58.0 Å². The molecule has 9 heteroatoms. The van der Waals surface area contributed by atoms with E-state index in [1.165, 1.54) is 0 Å². The molecule has 0 radical (unpaired) electrons. The number of thioether (sulfide) groups is 1. The number of amides is 3. The summed E-state index contributed by atoms with van der Waals surface area (Å²) in [6.45, 7) is 1.60. The number of piperidine rings is 1. The molecule has 0 unspecified atom stereocenters. The van der Waals surface area contributed by atoms with Crippen molar-refractivity contribution in [2.75, 3.05) is 19.6 Å². The van der Waals surface area contributed by atoms with Crippen molar-refractivity contribution < 1.29 is 14.4 Å². The van der Waals surface area contributed by atoms with Gasteiger partial charge in [0.05, 0.1) is 11.4 Å². The maximum atomic E-state index is 13.1. The molecule has 0 aliphatic carbocycles. The molecule has 2 aliphatic heterocycles. The Morgan fingerprint density at radius 3 is 2.43 bits per heavy atom. The number of carbonyl (C=O) groups is 3. The third kappa shape index (κ3) is 4.85. The lowest BCUT2D eigenvalue weighted by molar-refractivity contribution is -0.136. The van der Waals surface area contributed by atoms with Crippen molar-refractivity contribution in [3.63, 3.8) is 0 Å². The van der Waals surface area contributed by atoms with Crippen molar-refractivity contribution in [1.82, 2.24) is 14.4 Å². The van der Waals surface area contributed by atoms with Gasteiger partial charge in [-0.05, 0) is 55.3 Å². The summed E-state index contributed by atoms with van der Waals surface area (Å²) in [5.74, 6) is -0.613. The first-order valence-electron chi connectivity index (χ1n) is 11.5. The molecule has 2 aliphatic rings. The maximum absolute atomic E-state index is 13.1. The standard InChI is InChI=1S/C26H23Cl2N3O3S/c27-20-8-6-9-21(28)19(20)15-30-14-17(18-7-2-3-10-22(18)30)13-23-25(33)31(26(34)35-23)16-24(32)29-11-4-1-5-12-29/h2-3,6-10,13-14H,1,4-5,11-12,15-16H2/b23-13-. The Labute approximate surface area is 217 Å². The maximum Gasteiger partial charge on any atom is 0.294 e. The van der Waals surface area contributed by atoms with E-state index in [9.17, 15) is 14.4 Å². The molecule has 2 saturated heterocycles. The second-order valence-electron chi connectivity index (χ2n) is 8.64. The predicted molar refractivity (Wildman–Crippen MR) is 141 cm³/mol. The molecule has 35 heavy (non-hydrogen) atoms. The van der Waals surface area contributed by atoms with E-state index in [1.54, 1.807) is 29.2 Å². The van der Waals surface area contributed by atoms with Gasteiger partial charge in [-0.25, -0.2) is 0 Å². The number of rotatable bonds is 5. The number of halogens is 2. The number of hydrogen-bond acceptors (Lipinski definition) is 4. The third-order valence-corrected chi connectivity index (χ3v) is 7.99. The second-order valence-corrected chi connectivity index (χ2v) is 10.4. The van der Waals surface area contributed by atoms with Crippen LogP contribution < -0.4 is 0 Å². The van der Waals surface area contributed by atoms with Gasteiger partial charge in [0.1, 0.15) is 6.54 Å². The van der Waals surface area contributed by atoms with Gasteiger partial charge in [0.25, 0.3) is 11.1 Å². The van der Waals surface area contributed by atoms with Gasteiger partial charge in [0, 0.05) is 51.4 Å². The summed E-state index contributed by atoms with van der Waals surface area (Å²) in [7, 11) is 0. The highest BCUT2D eigenvalue weighted by molar-refractivity contribution is 8.18. The zero-order valence-electron chi connectivity index (χ0n) is 18.9. The molecule has 3 amide bonds. The lowest BCUT2D eigenvalue weighted by Crippen LogP contribution is -2.44. The van der Waals surface area contributed by atoms with Crippen molar-refractivity contribution in [1.29, 1.82) is 0 Å². The van der Waals surface area contributed by atoms with E-state index in [0.29, 0.717) is 34.6 Å². The van der Waals surface area contributed by atoms with E-state index >= 15 is 0 Å². The molecule has 0 bridgehead atoms. The fourth-order valence-electron chi connectivity index (χ4n) is 4.53. The number of imide groups is 1. The van der Waals surface area contributed by atoms with Gasteiger partial charge in [0.2, 0.25) is 5.91 Å². The molecular weight excluding hydrogens is 505 g/mol. The van der Waals surface area contributed by atoms with Crippen LogP contribution >= 0.6 is 35.0 Å². The number of para-hydroxylation sites is 1. The fraction of sp³-hybridized carbons (Fsp3) is 0.269. The van der Waals surface area contributed by atoms with Crippen molar-refractivity contribution >= 4 is 69.0 Å². The summed E-state index contributed by atoms with van der Waals surface area (Å²) in [4.78, 5) is 41.4. The van der Waals surface area contributed by atoms with Crippen LogP contribution in [0.15, 0.2) is 53.6 Å². The van der Waals surface area contributed by atoms with Crippen LogP contribution in [-0.2, 0) is 16.1 Å². The molecule has 1 aromatic heterocycles. The number of likely N-dealkylation sites (tertiary alicyclic amines) is 1. The molecule has 0 N–H and O–H groups in total. The lowest BCUT2D eigenvalue weighted by Gasteiger charge is -2.27. The zero-order chi connectivity index (χ0) is 24.5. The average molecular weight is 528 g/mol. The van der Waals surface area contributed by atoms with Crippen molar-refractivity contribution in [3.05, 3.63) is 74.7 Å². The quantitative estimate of drug-likeness (QED) is 0.379. The minimum absolute atomic E-state index is 0.179. The number of hydrogen-bond donors (Lipinski definition) is 0. The predicted octanol–water partition coefficient (Wildman–Crippen LogP) is 6.05. The summed E-state index contributed by atoms with van der Waals surface area (Å²) < 4.78 is 2.03. The molecule has 6 nitrogen and oxygen atoms in total.